The van der Waals surface area contributed by atoms with Gasteiger partial charge in [0, 0.05) is 29.6 Å². The van der Waals surface area contributed by atoms with E-state index in [9.17, 15) is 9.59 Å². The lowest BCUT2D eigenvalue weighted by molar-refractivity contribution is 0.0917. The zero-order valence-electron chi connectivity index (χ0n) is 16.8. The van der Waals surface area contributed by atoms with Crippen molar-refractivity contribution in [2.45, 2.75) is 33.7 Å². The van der Waals surface area contributed by atoms with Crippen molar-refractivity contribution in [2.24, 2.45) is 0 Å². The number of carbonyl (C=O) groups excluding carboxylic acids is 2. The minimum absolute atomic E-state index is 0.0615. The first-order valence-electron chi connectivity index (χ1n) is 8.82. The molecule has 0 saturated heterocycles. The average Bonchev–Trinajstić information content (AvgIpc) is 2.94. The molecular formula is C21H27NO5. The van der Waals surface area contributed by atoms with Crippen molar-refractivity contribution >= 4 is 11.6 Å². The van der Waals surface area contributed by atoms with Crippen LogP contribution >= 0.6 is 0 Å². The lowest BCUT2D eigenvalue weighted by atomic mass is 10.1. The largest absolute Gasteiger partial charge is 0.493 e. The van der Waals surface area contributed by atoms with E-state index in [4.69, 9.17) is 14.2 Å². The van der Waals surface area contributed by atoms with Crippen LogP contribution in [-0.2, 0) is 4.74 Å². The van der Waals surface area contributed by atoms with Gasteiger partial charge in [-0.2, -0.15) is 0 Å². The van der Waals surface area contributed by atoms with Gasteiger partial charge in [0.25, 0.3) is 0 Å². The molecular weight excluding hydrogens is 346 g/mol. The van der Waals surface area contributed by atoms with E-state index >= 15 is 0 Å². The summed E-state index contributed by atoms with van der Waals surface area (Å²) in [5, 5.41) is 0. The van der Waals surface area contributed by atoms with E-state index in [0.29, 0.717) is 29.2 Å². The van der Waals surface area contributed by atoms with Crippen LogP contribution in [0, 0.1) is 13.8 Å². The van der Waals surface area contributed by atoms with Crippen molar-refractivity contribution in [1.82, 2.24) is 4.57 Å². The molecule has 0 bridgehead atoms. The molecule has 1 unspecified atom stereocenters. The van der Waals surface area contributed by atoms with Gasteiger partial charge in [-0.3, -0.25) is 9.59 Å². The maximum absolute atomic E-state index is 12.7. The molecule has 2 rings (SSSR count). The molecule has 0 amide bonds. The van der Waals surface area contributed by atoms with Crippen molar-refractivity contribution in [2.75, 3.05) is 27.4 Å². The molecule has 2 aromatic rings. The van der Waals surface area contributed by atoms with Crippen LogP contribution in [0.3, 0.4) is 0 Å². The number of aromatic nitrogens is 1. The van der Waals surface area contributed by atoms with Gasteiger partial charge in [0.05, 0.1) is 19.8 Å². The Bertz CT molecular complexity index is 837. The molecule has 1 atom stereocenters. The molecule has 0 saturated carbocycles. The summed E-state index contributed by atoms with van der Waals surface area (Å²) in [6, 6.07) is 6.93. The SMILES string of the molecule is COCC(C)n1c(C)cc(C(=O)COc2ccc(C(C)=O)cc2OC)c1C. The molecule has 27 heavy (non-hydrogen) atoms. The third-order valence-corrected chi connectivity index (χ3v) is 4.56. The van der Waals surface area contributed by atoms with Crippen LogP contribution in [0.25, 0.3) is 0 Å². The predicted molar refractivity (Wildman–Crippen MR) is 103 cm³/mol. The second-order valence-electron chi connectivity index (χ2n) is 6.59. The number of Topliss-reactive ketones (excluding diaryl/α,β-unsaturated/α-hetero) is 2. The van der Waals surface area contributed by atoms with E-state index < -0.39 is 0 Å². The number of rotatable bonds is 9. The Morgan fingerprint density at radius 2 is 1.81 bits per heavy atom. The zero-order chi connectivity index (χ0) is 20.1. The molecule has 0 radical (unpaired) electrons. The van der Waals surface area contributed by atoms with Gasteiger partial charge < -0.3 is 18.8 Å². The second kappa shape index (κ2) is 8.86. The fourth-order valence-corrected chi connectivity index (χ4v) is 3.28. The smallest absolute Gasteiger partial charge is 0.202 e. The van der Waals surface area contributed by atoms with Crippen molar-refractivity contribution in [1.29, 1.82) is 0 Å². The summed E-state index contributed by atoms with van der Waals surface area (Å²) in [7, 11) is 3.16. The Hall–Kier alpha value is -2.60. The van der Waals surface area contributed by atoms with E-state index in [0.717, 1.165) is 11.4 Å². The highest BCUT2D eigenvalue weighted by Gasteiger charge is 2.19. The summed E-state index contributed by atoms with van der Waals surface area (Å²) in [5.74, 6) is 0.678. The van der Waals surface area contributed by atoms with Gasteiger partial charge in [0.1, 0.15) is 0 Å². The van der Waals surface area contributed by atoms with Gasteiger partial charge in [0.2, 0.25) is 5.78 Å². The first-order valence-corrected chi connectivity index (χ1v) is 8.82. The number of methoxy groups -OCH3 is 2. The number of hydrogen-bond donors (Lipinski definition) is 0. The van der Waals surface area contributed by atoms with E-state index in [1.807, 2.05) is 19.9 Å². The Morgan fingerprint density at radius 3 is 2.41 bits per heavy atom. The fourth-order valence-electron chi connectivity index (χ4n) is 3.28. The van der Waals surface area contributed by atoms with E-state index in [2.05, 4.69) is 11.5 Å². The van der Waals surface area contributed by atoms with Crippen molar-refractivity contribution in [3.8, 4) is 11.5 Å². The first-order chi connectivity index (χ1) is 12.8. The lowest BCUT2D eigenvalue weighted by Crippen LogP contribution is -2.16. The van der Waals surface area contributed by atoms with Gasteiger partial charge in [-0.25, -0.2) is 0 Å². The van der Waals surface area contributed by atoms with Crippen molar-refractivity contribution < 1.29 is 23.8 Å². The quantitative estimate of drug-likeness (QED) is 0.626. The fraction of sp³-hybridized carbons (Fsp3) is 0.429. The Balaban J connectivity index is 2.17. The maximum atomic E-state index is 12.7. The highest BCUT2D eigenvalue weighted by Crippen LogP contribution is 2.29. The highest BCUT2D eigenvalue weighted by molar-refractivity contribution is 5.98. The molecule has 1 heterocycles. The van der Waals surface area contributed by atoms with Crippen LogP contribution in [0.15, 0.2) is 24.3 Å². The number of nitrogens with zero attached hydrogens (tertiary/aromatic N) is 1. The monoisotopic (exact) mass is 373 g/mol. The Labute approximate surface area is 160 Å². The number of benzene rings is 1. The minimum atomic E-state index is -0.114. The van der Waals surface area contributed by atoms with Crippen LogP contribution in [0.5, 0.6) is 11.5 Å². The molecule has 1 aromatic carbocycles. The maximum Gasteiger partial charge on any atom is 0.202 e. The average molecular weight is 373 g/mol. The zero-order valence-corrected chi connectivity index (χ0v) is 16.8. The number of ether oxygens (including phenoxy) is 3. The van der Waals surface area contributed by atoms with E-state index in [1.165, 1.54) is 14.0 Å². The lowest BCUT2D eigenvalue weighted by Gasteiger charge is -2.17. The molecule has 0 aliphatic rings. The minimum Gasteiger partial charge on any atom is -0.493 e. The number of hydrogen-bond acceptors (Lipinski definition) is 5. The molecule has 0 aliphatic carbocycles. The second-order valence-corrected chi connectivity index (χ2v) is 6.59. The third-order valence-electron chi connectivity index (χ3n) is 4.56. The Kier molecular flexibility index (Phi) is 6.80. The molecule has 0 N–H and O–H groups in total. The van der Waals surface area contributed by atoms with Crippen LogP contribution in [0.1, 0.15) is 52.0 Å². The number of ketones is 2. The van der Waals surface area contributed by atoms with Gasteiger partial charge in [-0.1, -0.05) is 0 Å². The predicted octanol–water partition coefficient (Wildman–Crippen LogP) is 3.79. The van der Waals surface area contributed by atoms with Gasteiger partial charge in [-0.15, -0.1) is 0 Å². The van der Waals surface area contributed by atoms with E-state index in [-0.39, 0.29) is 24.2 Å². The molecule has 1 aromatic heterocycles. The summed E-state index contributed by atoms with van der Waals surface area (Å²) in [6.07, 6.45) is 0. The normalized spacial score (nSPS) is 11.9. The van der Waals surface area contributed by atoms with Crippen LogP contribution in [0.2, 0.25) is 0 Å². The Morgan fingerprint density at radius 1 is 1.11 bits per heavy atom. The number of aryl methyl sites for hydroxylation is 1. The number of carbonyl (C=O) groups is 2. The standard InChI is InChI=1S/C21H27NO5/c1-13-9-18(15(3)22(13)14(2)11-25-5)19(24)12-27-20-8-7-17(16(4)23)10-21(20)26-6/h7-10,14H,11-12H2,1-6H3. The van der Waals surface area contributed by atoms with Gasteiger partial charge in [0.15, 0.2) is 23.9 Å². The van der Waals surface area contributed by atoms with Crippen LogP contribution in [-0.4, -0.2) is 43.6 Å². The summed E-state index contributed by atoms with van der Waals surface area (Å²) < 4.78 is 18.3. The molecule has 0 fully saturated rings. The highest BCUT2D eigenvalue weighted by atomic mass is 16.5. The van der Waals surface area contributed by atoms with Gasteiger partial charge >= 0.3 is 0 Å². The topological polar surface area (TPSA) is 66.8 Å². The van der Waals surface area contributed by atoms with Crippen molar-refractivity contribution in [3.63, 3.8) is 0 Å². The van der Waals surface area contributed by atoms with Crippen molar-refractivity contribution in [3.05, 3.63) is 46.8 Å². The molecule has 0 spiro atoms. The molecule has 6 heteroatoms. The summed E-state index contributed by atoms with van der Waals surface area (Å²) >= 11 is 0. The molecule has 0 aliphatic heterocycles. The van der Waals surface area contributed by atoms with Gasteiger partial charge in [-0.05, 0) is 52.0 Å². The molecule has 6 nitrogen and oxygen atoms in total. The third kappa shape index (κ3) is 4.57. The molecule has 146 valence electrons. The van der Waals surface area contributed by atoms with Crippen LogP contribution < -0.4 is 9.47 Å². The summed E-state index contributed by atoms with van der Waals surface area (Å²) in [4.78, 5) is 24.2. The first kappa shape index (κ1) is 20.7. The summed E-state index contributed by atoms with van der Waals surface area (Å²) in [5.41, 5.74) is 3.06. The summed E-state index contributed by atoms with van der Waals surface area (Å²) in [6.45, 7) is 7.89. The van der Waals surface area contributed by atoms with Crippen LogP contribution in [0.4, 0.5) is 0 Å². The van der Waals surface area contributed by atoms with E-state index in [1.54, 1.807) is 25.3 Å².